The van der Waals surface area contributed by atoms with E-state index >= 15 is 0 Å². The Kier molecular flexibility index (Phi) is 6.27. The number of rotatable bonds is 5. The first-order chi connectivity index (χ1) is 10.6. The summed E-state index contributed by atoms with van der Waals surface area (Å²) in [6.45, 7) is 3.02. The van der Waals surface area contributed by atoms with E-state index in [1.54, 1.807) is 25.1 Å². The third-order valence-corrected chi connectivity index (χ3v) is 4.74. The highest BCUT2D eigenvalue weighted by Crippen LogP contribution is 2.27. The van der Waals surface area contributed by atoms with Gasteiger partial charge in [-0.2, -0.15) is 0 Å². The van der Waals surface area contributed by atoms with E-state index in [9.17, 15) is 9.59 Å². The van der Waals surface area contributed by atoms with Gasteiger partial charge in [0.05, 0.1) is 5.56 Å². The summed E-state index contributed by atoms with van der Waals surface area (Å²) in [5.74, 6) is -1.03. The van der Waals surface area contributed by atoms with Gasteiger partial charge in [-0.1, -0.05) is 12.1 Å². The maximum atomic E-state index is 12.5. The number of benzene rings is 1. The number of carboxylic acids is 1. The van der Waals surface area contributed by atoms with Crippen LogP contribution in [0.3, 0.4) is 0 Å². The third-order valence-electron chi connectivity index (χ3n) is 3.57. The van der Waals surface area contributed by atoms with Gasteiger partial charge >= 0.3 is 5.97 Å². The fourth-order valence-electron chi connectivity index (χ4n) is 2.31. The first-order valence-electron chi connectivity index (χ1n) is 7.45. The molecule has 2 unspecified atom stereocenters. The first-order valence-corrected chi connectivity index (χ1v) is 8.33. The van der Waals surface area contributed by atoms with Gasteiger partial charge in [0, 0.05) is 24.2 Å². The molecule has 0 saturated carbocycles. The van der Waals surface area contributed by atoms with Gasteiger partial charge in [-0.3, -0.25) is 9.59 Å². The summed E-state index contributed by atoms with van der Waals surface area (Å²) in [5.41, 5.74) is 0.533. The van der Waals surface area contributed by atoms with Crippen LogP contribution in [-0.4, -0.2) is 41.5 Å². The van der Waals surface area contributed by atoms with Crippen LogP contribution in [-0.2, 0) is 9.53 Å². The van der Waals surface area contributed by atoms with E-state index in [4.69, 9.17) is 9.84 Å². The molecule has 1 saturated heterocycles. The van der Waals surface area contributed by atoms with E-state index in [-0.39, 0.29) is 11.9 Å². The van der Waals surface area contributed by atoms with Crippen molar-refractivity contribution in [3.8, 4) is 0 Å². The number of hydrogen-bond donors (Lipinski definition) is 2. The van der Waals surface area contributed by atoms with Crippen molar-refractivity contribution >= 4 is 23.6 Å². The molecule has 2 atom stereocenters. The zero-order valence-corrected chi connectivity index (χ0v) is 13.4. The topological polar surface area (TPSA) is 75.6 Å². The highest BCUT2D eigenvalue weighted by Gasteiger charge is 2.20. The predicted octanol–water partition coefficient (Wildman–Crippen LogP) is 2.55. The van der Waals surface area contributed by atoms with Gasteiger partial charge < -0.3 is 15.2 Å². The molecule has 0 spiro atoms. The molecule has 120 valence electrons. The Morgan fingerprint density at radius 2 is 2.09 bits per heavy atom. The van der Waals surface area contributed by atoms with E-state index < -0.39 is 11.2 Å². The second-order valence-electron chi connectivity index (χ2n) is 5.31. The molecular weight excluding hydrogens is 302 g/mol. The summed E-state index contributed by atoms with van der Waals surface area (Å²) < 4.78 is 5.39. The van der Waals surface area contributed by atoms with Gasteiger partial charge in [0.1, 0.15) is 5.25 Å². The quantitative estimate of drug-likeness (QED) is 0.815. The standard InChI is InChI=1S/C16H21NO4S/c1-11(16(19)20)22-14-7-3-2-6-13(14)15(18)17-12-5-4-9-21-10-8-12/h2-3,6-7,11-12H,4-5,8-10H2,1H3,(H,17,18)(H,19,20). The van der Waals surface area contributed by atoms with Gasteiger partial charge in [-0.15, -0.1) is 11.8 Å². The van der Waals surface area contributed by atoms with E-state index in [1.165, 1.54) is 11.8 Å². The van der Waals surface area contributed by atoms with Crippen molar-refractivity contribution in [3.05, 3.63) is 29.8 Å². The van der Waals surface area contributed by atoms with Crippen LogP contribution in [0.15, 0.2) is 29.2 Å². The number of carboxylic acid groups (broad SMARTS) is 1. The molecule has 1 aromatic carbocycles. The van der Waals surface area contributed by atoms with Gasteiger partial charge in [0.15, 0.2) is 0 Å². The summed E-state index contributed by atoms with van der Waals surface area (Å²) in [6.07, 6.45) is 2.66. The number of carbonyl (C=O) groups excluding carboxylic acids is 1. The lowest BCUT2D eigenvalue weighted by Gasteiger charge is -2.17. The Bertz CT molecular complexity index is 527. The zero-order chi connectivity index (χ0) is 15.9. The second kappa shape index (κ2) is 8.19. The lowest BCUT2D eigenvalue weighted by Crippen LogP contribution is -2.35. The molecule has 1 fully saturated rings. The van der Waals surface area contributed by atoms with Crippen molar-refractivity contribution < 1.29 is 19.4 Å². The Hall–Kier alpha value is -1.53. The van der Waals surface area contributed by atoms with Gasteiger partial charge in [0.25, 0.3) is 5.91 Å². The van der Waals surface area contributed by atoms with Crippen LogP contribution in [0.1, 0.15) is 36.5 Å². The Morgan fingerprint density at radius 3 is 2.86 bits per heavy atom. The SMILES string of the molecule is CC(Sc1ccccc1C(=O)NC1CCCOCC1)C(=O)O. The van der Waals surface area contributed by atoms with Crippen LogP contribution in [0.5, 0.6) is 0 Å². The van der Waals surface area contributed by atoms with Crippen LogP contribution in [0, 0.1) is 0 Å². The lowest BCUT2D eigenvalue weighted by molar-refractivity contribution is -0.136. The van der Waals surface area contributed by atoms with E-state index in [0.717, 1.165) is 25.9 Å². The van der Waals surface area contributed by atoms with Crippen LogP contribution in [0.4, 0.5) is 0 Å². The molecule has 0 aliphatic carbocycles. The molecule has 1 heterocycles. The molecule has 1 amide bonds. The number of ether oxygens (including phenoxy) is 1. The van der Waals surface area contributed by atoms with Crippen LogP contribution in [0.2, 0.25) is 0 Å². The van der Waals surface area contributed by atoms with Crippen molar-refractivity contribution in [1.82, 2.24) is 5.32 Å². The Balaban J connectivity index is 2.06. The average molecular weight is 323 g/mol. The number of aliphatic carboxylic acids is 1. The van der Waals surface area contributed by atoms with E-state index in [1.807, 2.05) is 6.07 Å². The number of carbonyl (C=O) groups is 2. The molecule has 0 bridgehead atoms. The number of nitrogens with one attached hydrogen (secondary N) is 1. The first kappa shape index (κ1) is 16.8. The molecule has 0 radical (unpaired) electrons. The van der Waals surface area contributed by atoms with E-state index in [0.29, 0.717) is 17.1 Å². The summed E-state index contributed by atoms with van der Waals surface area (Å²) in [7, 11) is 0. The Morgan fingerprint density at radius 1 is 1.32 bits per heavy atom. The molecule has 0 aromatic heterocycles. The van der Waals surface area contributed by atoms with Crippen LogP contribution < -0.4 is 5.32 Å². The van der Waals surface area contributed by atoms with Crippen molar-refractivity contribution in [2.45, 2.75) is 42.4 Å². The van der Waals surface area contributed by atoms with Gasteiger partial charge in [-0.05, 0) is 38.3 Å². The highest BCUT2D eigenvalue weighted by molar-refractivity contribution is 8.00. The second-order valence-corrected chi connectivity index (χ2v) is 6.69. The molecular formula is C16H21NO4S. The van der Waals surface area contributed by atoms with Gasteiger partial charge in [-0.25, -0.2) is 0 Å². The normalized spacial score (nSPS) is 20.0. The molecule has 6 heteroatoms. The van der Waals surface area contributed by atoms with Crippen molar-refractivity contribution in [2.75, 3.05) is 13.2 Å². The molecule has 1 aromatic rings. The molecule has 1 aliphatic rings. The molecule has 22 heavy (non-hydrogen) atoms. The maximum Gasteiger partial charge on any atom is 0.316 e. The van der Waals surface area contributed by atoms with Crippen LogP contribution in [0.25, 0.3) is 0 Å². The minimum atomic E-state index is -0.888. The third kappa shape index (κ3) is 4.74. The zero-order valence-electron chi connectivity index (χ0n) is 12.6. The summed E-state index contributed by atoms with van der Waals surface area (Å²) in [4.78, 5) is 24.2. The maximum absolute atomic E-state index is 12.5. The van der Waals surface area contributed by atoms with Crippen molar-refractivity contribution in [3.63, 3.8) is 0 Å². The number of thioether (sulfide) groups is 1. The molecule has 5 nitrogen and oxygen atoms in total. The van der Waals surface area contributed by atoms with Crippen molar-refractivity contribution in [2.24, 2.45) is 0 Å². The van der Waals surface area contributed by atoms with E-state index in [2.05, 4.69) is 5.32 Å². The lowest BCUT2D eigenvalue weighted by atomic mass is 10.1. The fraction of sp³-hybridized carbons (Fsp3) is 0.500. The summed E-state index contributed by atoms with van der Waals surface area (Å²) in [5, 5.41) is 11.5. The molecule has 2 rings (SSSR count). The monoisotopic (exact) mass is 323 g/mol. The van der Waals surface area contributed by atoms with Crippen molar-refractivity contribution in [1.29, 1.82) is 0 Å². The molecule has 1 aliphatic heterocycles. The summed E-state index contributed by atoms with van der Waals surface area (Å²) >= 11 is 1.19. The minimum absolute atomic E-state index is 0.116. The predicted molar refractivity (Wildman–Crippen MR) is 85.3 cm³/mol. The fourth-order valence-corrected chi connectivity index (χ4v) is 3.24. The number of amides is 1. The number of hydrogen-bond acceptors (Lipinski definition) is 4. The average Bonchev–Trinajstić information content (AvgIpc) is 2.76. The van der Waals surface area contributed by atoms with Gasteiger partial charge in [0.2, 0.25) is 0 Å². The Labute approximate surface area is 134 Å². The highest BCUT2D eigenvalue weighted by atomic mass is 32.2. The smallest absolute Gasteiger partial charge is 0.316 e. The summed E-state index contributed by atoms with van der Waals surface area (Å²) in [6, 6.07) is 7.24. The molecule has 2 N–H and O–H groups in total. The largest absolute Gasteiger partial charge is 0.480 e. The minimum Gasteiger partial charge on any atom is -0.480 e. The van der Waals surface area contributed by atoms with Crippen LogP contribution >= 0.6 is 11.8 Å².